The Bertz CT molecular complexity index is 422. The van der Waals surface area contributed by atoms with E-state index in [1.165, 1.54) is 0 Å². The maximum Gasteiger partial charge on any atom is 0.220 e. The first-order valence-corrected chi connectivity index (χ1v) is 6.08. The number of nitrogens with one attached hydrogen (secondary N) is 2. The quantitative estimate of drug-likeness (QED) is 0.595. The lowest BCUT2D eigenvalue weighted by molar-refractivity contribution is -0.119. The van der Waals surface area contributed by atoms with Crippen LogP contribution in [0.25, 0.3) is 0 Å². The highest BCUT2D eigenvalue weighted by Gasteiger charge is 2.22. The van der Waals surface area contributed by atoms with Crippen LogP contribution in [0, 0.1) is 0 Å². The van der Waals surface area contributed by atoms with Crippen molar-refractivity contribution < 1.29 is 15.0 Å². The van der Waals surface area contributed by atoms with Crippen LogP contribution >= 0.6 is 0 Å². The van der Waals surface area contributed by atoms with Crippen molar-refractivity contribution in [2.75, 3.05) is 25.0 Å². The third-order valence-electron chi connectivity index (χ3n) is 3.09. The number of benzene rings is 1. The molecule has 1 saturated heterocycles. The van der Waals surface area contributed by atoms with Crippen molar-refractivity contribution in [1.29, 1.82) is 0 Å². The zero-order valence-electron chi connectivity index (χ0n) is 10.1. The van der Waals surface area contributed by atoms with E-state index in [0.29, 0.717) is 19.5 Å². The van der Waals surface area contributed by atoms with Crippen molar-refractivity contribution in [2.24, 2.45) is 0 Å². The molecule has 0 radical (unpaired) electrons. The van der Waals surface area contributed by atoms with Crippen LogP contribution in [0.4, 0.5) is 5.69 Å². The Morgan fingerprint density at radius 2 is 2.33 bits per heavy atom. The van der Waals surface area contributed by atoms with Gasteiger partial charge >= 0.3 is 0 Å². The van der Waals surface area contributed by atoms with Crippen molar-refractivity contribution in [3.8, 4) is 0 Å². The Morgan fingerprint density at radius 3 is 3.00 bits per heavy atom. The van der Waals surface area contributed by atoms with E-state index in [4.69, 9.17) is 5.11 Å². The van der Waals surface area contributed by atoms with Gasteiger partial charge in [-0.25, -0.2) is 0 Å². The lowest BCUT2D eigenvalue weighted by Gasteiger charge is -2.13. The molecule has 0 bridgehead atoms. The van der Waals surface area contributed by atoms with Crippen molar-refractivity contribution in [2.45, 2.75) is 18.4 Å². The van der Waals surface area contributed by atoms with Crippen LogP contribution in [0.1, 0.15) is 17.9 Å². The second kappa shape index (κ2) is 5.84. The van der Waals surface area contributed by atoms with Gasteiger partial charge in [-0.2, -0.15) is 0 Å². The number of rotatable bonds is 5. The molecule has 4 N–H and O–H groups in total. The van der Waals surface area contributed by atoms with Gasteiger partial charge in [0, 0.05) is 31.1 Å². The van der Waals surface area contributed by atoms with Gasteiger partial charge in [0.25, 0.3) is 0 Å². The van der Waals surface area contributed by atoms with E-state index >= 15 is 0 Å². The van der Waals surface area contributed by atoms with Crippen molar-refractivity contribution in [3.05, 3.63) is 29.8 Å². The molecular weight excluding hydrogens is 232 g/mol. The summed E-state index contributed by atoms with van der Waals surface area (Å²) in [6, 6.07) is 7.80. The highest BCUT2D eigenvalue weighted by atomic mass is 16.3. The maximum atomic E-state index is 11.2. The molecular formula is C13H18N2O3. The lowest BCUT2D eigenvalue weighted by atomic mass is 9.98. The van der Waals surface area contributed by atoms with Crippen LogP contribution < -0.4 is 10.6 Å². The summed E-state index contributed by atoms with van der Waals surface area (Å²) in [7, 11) is 0. The van der Waals surface area contributed by atoms with Crippen LogP contribution in [-0.2, 0) is 4.79 Å². The highest BCUT2D eigenvalue weighted by molar-refractivity contribution is 5.79. The molecule has 98 valence electrons. The molecule has 1 fully saturated rings. The summed E-state index contributed by atoms with van der Waals surface area (Å²) >= 11 is 0. The number of anilines is 1. The normalized spacial score (nSPS) is 20.6. The number of carbonyl (C=O) groups excluding carboxylic acids is 1. The first kappa shape index (κ1) is 12.9. The van der Waals surface area contributed by atoms with Gasteiger partial charge in [-0.05, 0) is 17.7 Å². The zero-order chi connectivity index (χ0) is 13.0. The minimum Gasteiger partial charge on any atom is -0.394 e. The Labute approximate surface area is 106 Å². The average Bonchev–Trinajstić information content (AvgIpc) is 2.83. The van der Waals surface area contributed by atoms with Gasteiger partial charge in [0.1, 0.15) is 0 Å². The van der Waals surface area contributed by atoms with Gasteiger partial charge in [-0.1, -0.05) is 12.1 Å². The molecule has 0 aliphatic carbocycles. The monoisotopic (exact) mass is 250 g/mol. The van der Waals surface area contributed by atoms with Crippen molar-refractivity contribution in [1.82, 2.24) is 5.32 Å². The summed E-state index contributed by atoms with van der Waals surface area (Å²) < 4.78 is 0. The van der Waals surface area contributed by atoms with Crippen molar-refractivity contribution in [3.63, 3.8) is 0 Å². The molecule has 0 aromatic heterocycles. The van der Waals surface area contributed by atoms with Crippen LogP contribution in [0.15, 0.2) is 24.3 Å². The molecule has 1 aliphatic rings. The fraction of sp³-hybridized carbons (Fsp3) is 0.462. The molecule has 0 saturated carbocycles. The molecule has 1 aliphatic heterocycles. The number of hydrogen-bond acceptors (Lipinski definition) is 4. The highest BCUT2D eigenvalue weighted by Crippen LogP contribution is 2.25. The Hall–Kier alpha value is -1.59. The van der Waals surface area contributed by atoms with Crippen LogP contribution in [-0.4, -0.2) is 41.9 Å². The predicted octanol–water partition coefficient (Wildman–Crippen LogP) is 0.0552. The third kappa shape index (κ3) is 3.21. The summed E-state index contributed by atoms with van der Waals surface area (Å²) in [5, 5.41) is 23.9. The lowest BCUT2D eigenvalue weighted by Crippen LogP contribution is -2.23. The molecule has 0 spiro atoms. The van der Waals surface area contributed by atoms with Gasteiger partial charge in [0.15, 0.2) is 0 Å². The van der Waals surface area contributed by atoms with E-state index < -0.39 is 6.10 Å². The van der Waals surface area contributed by atoms with Gasteiger partial charge in [0.2, 0.25) is 5.91 Å². The molecule has 1 amide bonds. The Balaban J connectivity index is 1.99. The van der Waals surface area contributed by atoms with Crippen LogP contribution in [0.5, 0.6) is 0 Å². The van der Waals surface area contributed by atoms with E-state index in [1.807, 2.05) is 24.3 Å². The molecule has 1 heterocycles. The Morgan fingerprint density at radius 1 is 1.50 bits per heavy atom. The molecule has 2 unspecified atom stereocenters. The second-order valence-electron chi connectivity index (χ2n) is 4.55. The summed E-state index contributed by atoms with van der Waals surface area (Å²) in [5.41, 5.74) is 2.00. The summed E-state index contributed by atoms with van der Waals surface area (Å²) in [5.74, 6) is 0.316. The van der Waals surface area contributed by atoms with Gasteiger partial charge in [-0.15, -0.1) is 0 Å². The summed E-state index contributed by atoms with van der Waals surface area (Å²) in [6.45, 7) is 0.733. The fourth-order valence-corrected chi connectivity index (χ4v) is 2.04. The largest absolute Gasteiger partial charge is 0.394 e. The Kier molecular flexibility index (Phi) is 4.17. The first-order valence-electron chi connectivity index (χ1n) is 6.08. The number of aliphatic hydroxyl groups is 2. The van der Waals surface area contributed by atoms with Crippen LogP contribution in [0.3, 0.4) is 0 Å². The molecule has 5 heteroatoms. The summed E-state index contributed by atoms with van der Waals surface area (Å²) in [4.78, 5) is 11.2. The molecule has 2 rings (SSSR count). The van der Waals surface area contributed by atoms with Crippen molar-refractivity contribution >= 4 is 11.6 Å². The van der Waals surface area contributed by atoms with E-state index in [0.717, 1.165) is 11.3 Å². The average molecular weight is 250 g/mol. The van der Waals surface area contributed by atoms with Gasteiger partial charge in [-0.3, -0.25) is 4.79 Å². The number of aliphatic hydroxyl groups excluding tert-OH is 2. The van der Waals surface area contributed by atoms with E-state index in [-0.39, 0.29) is 18.4 Å². The second-order valence-corrected chi connectivity index (χ2v) is 4.55. The predicted molar refractivity (Wildman–Crippen MR) is 68.4 cm³/mol. The fourth-order valence-electron chi connectivity index (χ4n) is 2.04. The van der Waals surface area contributed by atoms with Gasteiger partial charge in [0.05, 0.1) is 12.7 Å². The smallest absolute Gasteiger partial charge is 0.220 e. The number of carbonyl (C=O) groups is 1. The molecule has 2 atom stereocenters. The van der Waals surface area contributed by atoms with Gasteiger partial charge < -0.3 is 20.8 Å². The topological polar surface area (TPSA) is 81.6 Å². The SMILES string of the molecule is O=C1CC(c2cccc(NCC(O)CO)c2)CN1. The molecule has 5 nitrogen and oxygen atoms in total. The summed E-state index contributed by atoms with van der Waals surface area (Å²) in [6.07, 6.45) is -0.230. The first-order chi connectivity index (χ1) is 8.69. The van der Waals surface area contributed by atoms with Crippen LogP contribution in [0.2, 0.25) is 0 Å². The minimum atomic E-state index is -0.761. The maximum absolute atomic E-state index is 11.2. The minimum absolute atomic E-state index is 0.0917. The van der Waals surface area contributed by atoms with E-state index in [1.54, 1.807) is 0 Å². The zero-order valence-corrected chi connectivity index (χ0v) is 10.1. The number of hydrogen-bond donors (Lipinski definition) is 4. The number of amides is 1. The standard InChI is InChI=1S/C13H18N2O3/c16-8-12(17)7-14-11-3-1-2-9(4-11)10-5-13(18)15-6-10/h1-4,10,12,14,16-17H,5-8H2,(H,15,18). The molecule has 18 heavy (non-hydrogen) atoms. The molecule has 1 aromatic carbocycles. The third-order valence-corrected chi connectivity index (χ3v) is 3.09. The molecule has 1 aromatic rings. The van der Waals surface area contributed by atoms with E-state index in [2.05, 4.69) is 10.6 Å². The van der Waals surface area contributed by atoms with E-state index in [9.17, 15) is 9.90 Å².